The Balaban J connectivity index is 2.20. The van der Waals surface area contributed by atoms with Gasteiger partial charge in [0.15, 0.2) is 11.2 Å². The highest BCUT2D eigenvalue weighted by molar-refractivity contribution is 9.10. The lowest BCUT2D eigenvalue weighted by Gasteiger charge is -2.30. The quantitative estimate of drug-likeness (QED) is 0.633. The monoisotopic (exact) mass is 372 g/mol. The topological polar surface area (TPSA) is 90.1 Å². The number of hydrogen-bond acceptors (Lipinski definition) is 7. The van der Waals surface area contributed by atoms with Crippen molar-refractivity contribution < 1.29 is 14.6 Å². The Morgan fingerprint density at radius 3 is 3.10 bits per heavy atom. The molecule has 3 heterocycles. The lowest BCUT2D eigenvalue weighted by molar-refractivity contribution is -0.157. The van der Waals surface area contributed by atoms with Gasteiger partial charge < -0.3 is 9.84 Å². The van der Waals surface area contributed by atoms with Gasteiger partial charge in [0.25, 0.3) is 0 Å². The van der Waals surface area contributed by atoms with Gasteiger partial charge in [-0.2, -0.15) is 11.8 Å². The first-order valence-electron chi connectivity index (χ1n) is 6.38. The number of carbonyl (C=O) groups excluding carboxylic acids is 1. The summed E-state index contributed by atoms with van der Waals surface area (Å²) in [6.45, 7) is 1.99. The number of imidazole rings is 1. The number of aliphatic hydroxyl groups is 1. The summed E-state index contributed by atoms with van der Waals surface area (Å²) >= 11 is 4.81. The summed E-state index contributed by atoms with van der Waals surface area (Å²) in [6.07, 6.45) is 2.04. The van der Waals surface area contributed by atoms with Gasteiger partial charge in [-0.05, 0) is 22.9 Å². The van der Waals surface area contributed by atoms with Crippen LogP contribution in [0.2, 0.25) is 0 Å². The second-order valence-electron chi connectivity index (χ2n) is 4.63. The van der Waals surface area contributed by atoms with Gasteiger partial charge in [0, 0.05) is 11.5 Å². The van der Waals surface area contributed by atoms with Crippen molar-refractivity contribution >= 4 is 44.8 Å². The predicted molar refractivity (Wildman–Crippen MR) is 81.0 cm³/mol. The second kappa shape index (κ2) is 5.54. The number of carbonyl (C=O) groups is 1. The Labute approximate surface area is 133 Å². The van der Waals surface area contributed by atoms with Gasteiger partial charge in [-0.15, -0.1) is 0 Å². The van der Waals surface area contributed by atoms with Gasteiger partial charge in [-0.3, -0.25) is 4.57 Å². The van der Waals surface area contributed by atoms with Gasteiger partial charge in [0.1, 0.15) is 16.4 Å². The van der Waals surface area contributed by atoms with Crippen LogP contribution in [0.3, 0.4) is 0 Å². The molecule has 112 valence electrons. The molecule has 2 unspecified atom stereocenters. The first kappa shape index (κ1) is 14.7. The fraction of sp³-hybridized carbons (Fsp3) is 0.500. The average molecular weight is 373 g/mol. The van der Waals surface area contributed by atoms with E-state index in [0.29, 0.717) is 27.3 Å². The molecule has 7 nitrogen and oxygen atoms in total. The molecule has 0 radical (unpaired) electrons. The third kappa shape index (κ3) is 2.14. The molecule has 0 aromatic carbocycles. The summed E-state index contributed by atoms with van der Waals surface area (Å²) in [4.78, 5) is 25.0. The van der Waals surface area contributed by atoms with E-state index in [1.54, 1.807) is 11.5 Å². The number of aromatic nitrogens is 4. The summed E-state index contributed by atoms with van der Waals surface area (Å²) in [7, 11) is 0. The second-order valence-corrected chi connectivity index (χ2v) is 6.41. The summed E-state index contributed by atoms with van der Waals surface area (Å²) in [5, 5.41) is 10.4. The van der Waals surface area contributed by atoms with E-state index in [1.165, 1.54) is 24.4 Å². The van der Waals surface area contributed by atoms with Gasteiger partial charge in [-0.1, -0.05) is 0 Å². The highest BCUT2D eigenvalue weighted by Gasteiger charge is 2.53. The zero-order valence-corrected chi connectivity index (χ0v) is 13.6. The third-order valence-corrected chi connectivity index (χ3v) is 5.27. The third-order valence-electron chi connectivity index (χ3n) is 3.50. The lowest BCUT2D eigenvalue weighted by Crippen LogP contribution is -2.51. The van der Waals surface area contributed by atoms with Gasteiger partial charge >= 0.3 is 5.97 Å². The van der Waals surface area contributed by atoms with Crippen LogP contribution in [0.1, 0.15) is 6.92 Å². The van der Waals surface area contributed by atoms with Crippen LogP contribution in [0, 0.1) is 0 Å². The summed E-state index contributed by atoms with van der Waals surface area (Å²) in [6, 6.07) is 0. The Bertz CT molecular complexity index is 694. The summed E-state index contributed by atoms with van der Waals surface area (Å²) in [5.41, 5.74) is -0.153. The van der Waals surface area contributed by atoms with Gasteiger partial charge in [-0.25, -0.2) is 19.7 Å². The van der Waals surface area contributed by atoms with E-state index >= 15 is 0 Å². The maximum atomic E-state index is 12.5. The van der Waals surface area contributed by atoms with Crippen molar-refractivity contribution in [3.63, 3.8) is 0 Å². The number of halogens is 1. The van der Waals surface area contributed by atoms with Crippen molar-refractivity contribution in [2.75, 3.05) is 18.1 Å². The SMILES string of the molecule is CCOC(=O)C1(n2cnc3c(Br)ncnc32)CSCC1O. The molecule has 0 saturated carbocycles. The normalized spacial score (nSPS) is 25.4. The minimum absolute atomic E-state index is 0.253. The molecule has 1 N–H and O–H groups in total. The fourth-order valence-electron chi connectivity index (χ4n) is 2.44. The molecule has 0 amide bonds. The van der Waals surface area contributed by atoms with Crippen molar-refractivity contribution in [1.82, 2.24) is 19.5 Å². The minimum Gasteiger partial charge on any atom is -0.464 e. The number of aliphatic hydroxyl groups excluding tert-OH is 1. The van der Waals surface area contributed by atoms with Crippen molar-refractivity contribution in [3.05, 3.63) is 17.3 Å². The first-order valence-corrected chi connectivity index (χ1v) is 8.33. The number of ether oxygens (including phenoxy) is 1. The molecular formula is C12H13BrN4O3S. The molecule has 1 aliphatic heterocycles. The Morgan fingerprint density at radius 1 is 1.62 bits per heavy atom. The zero-order valence-electron chi connectivity index (χ0n) is 11.2. The zero-order chi connectivity index (χ0) is 15.0. The van der Waals surface area contributed by atoms with E-state index in [2.05, 4.69) is 30.9 Å². The van der Waals surface area contributed by atoms with Crippen LogP contribution in [-0.4, -0.2) is 54.8 Å². The Hall–Kier alpha value is -1.19. The van der Waals surface area contributed by atoms with Gasteiger partial charge in [0.05, 0.1) is 19.0 Å². The van der Waals surface area contributed by atoms with Crippen LogP contribution in [0.25, 0.3) is 11.2 Å². The van der Waals surface area contributed by atoms with Crippen molar-refractivity contribution in [3.8, 4) is 0 Å². The number of hydrogen-bond donors (Lipinski definition) is 1. The van der Waals surface area contributed by atoms with Crippen LogP contribution in [-0.2, 0) is 15.1 Å². The highest BCUT2D eigenvalue weighted by Crippen LogP contribution is 2.38. The Morgan fingerprint density at radius 2 is 2.43 bits per heavy atom. The maximum Gasteiger partial charge on any atom is 0.336 e. The van der Waals surface area contributed by atoms with E-state index < -0.39 is 17.6 Å². The summed E-state index contributed by atoms with van der Waals surface area (Å²) < 4.78 is 7.34. The Kier molecular flexibility index (Phi) is 3.89. The van der Waals surface area contributed by atoms with E-state index in [-0.39, 0.29) is 6.61 Å². The van der Waals surface area contributed by atoms with E-state index in [0.717, 1.165) is 0 Å². The van der Waals surface area contributed by atoms with E-state index in [1.807, 2.05) is 0 Å². The van der Waals surface area contributed by atoms with E-state index in [4.69, 9.17) is 4.74 Å². The summed E-state index contributed by atoms with van der Waals surface area (Å²) in [5.74, 6) is 0.418. The maximum absolute atomic E-state index is 12.5. The molecule has 0 bridgehead atoms. The van der Waals surface area contributed by atoms with Crippen LogP contribution in [0.15, 0.2) is 17.3 Å². The van der Waals surface area contributed by atoms with Crippen LogP contribution < -0.4 is 0 Å². The molecule has 2 aromatic heterocycles. The van der Waals surface area contributed by atoms with Crippen molar-refractivity contribution in [1.29, 1.82) is 0 Å². The molecule has 1 saturated heterocycles. The lowest BCUT2D eigenvalue weighted by atomic mass is 9.95. The van der Waals surface area contributed by atoms with Gasteiger partial charge in [0.2, 0.25) is 0 Å². The van der Waals surface area contributed by atoms with E-state index in [9.17, 15) is 9.90 Å². The average Bonchev–Trinajstić information content (AvgIpc) is 3.04. The molecule has 1 fully saturated rings. The first-order chi connectivity index (χ1) is 10.1. The fourth-order valence-corrected chi connectivity index (χ4v) is 4.19. The van der Waals surface area contributed by atoms with Crippen molar-refractivity contribution in [2.24, 2.45) is 0 Å². The highest BCUT2D eigenvalue weighted by atomic mass is 79.9. The van der Waals surface area contributed by atoms with Crippen molar-refractivity contribution in [2.45, 2.75) is 18.6 Å². The predicted octanol–water partition coefficient (Wildman–Crippen LogP) is 0.955. The minimum atomic E-state index is -1.19. The molecule has 1 aliphatic rings. The van der Waals surface area contributed by atoms with Crippen LogP contribution >= 0.6 is 27.7 Å². The molecule has 2 atom stereocenters. The largest absolute Gasteiger partial charge is 0.464 e. The molecule has 3 rings (SSSR count). The standard InChI is InChI=1S/C12H13BrN4O3S/c1-2-20-11(19)12(4-21-3-7(12)18)17-6-16-8-9(13)14-5-15-10(8)17/h5-7,18H,2-4H2,1H3. The number of fused-ring (bicyclic) bond motifs is 1. The number of rotatable bonds is 3. The number of esters is 1. The molecule has 9 heteroatoms. The molecular weight excluding hydrogens is 360 g/mol. The number of thioether (sulfide) groups is 1. The molecule has 2 aromatic rings. The van der Waals surface area contributed by atoms with Crippen LogP contribution in [0.5, 0.6) is 0 Å². The molecule has 0 aliphatic carbocycles. The molecule has 0 spiro atoms. The smallest absolute Gasteiger partial charge is 0.336 e. The number of nitrogens with zero attached hydrogens (tertiary/aromatic N) is 4. The van der Waals surface area contributed by atoms with Crippen LogP contribution in [0.4, 0.5) is 0 Å². The molecule has 21 heavy (non-hydrogen) atoms.